The molecule has 1 fully saturated rings. The zero-order valence-electron chi connectivity index (χ0n) is 10.6. The Bertz CT molecular complexity index is 593. The highest BCUT2D eigenvalue weighted by atomic mass is 16.2. The lowest BCUT2D eigenvalue weighted by molar-refractivity contribution is 0.0647. The SMILES string of the molecule is NCC1CNCCN1C(=O)c1cnn2ccccc12. The number of carbonyl (C=O) groups excluding carboxylic acids is 1. The minimum absolute atomic E-state index is 0.0122. The van der Waals surface area contributed by atoms with E-state index < -0.39 is 0 Å². The molecule has 3 heterocycles. The summed E-state index contributed by atoms with van der Waals surface area (Å²) in [4.78, 5) is 14.5. The molecule has 1 atom stereocenters. The molecule has 0 aromatic carbocycles. The predicted octanol–water partition coefficient (Wildman–Crippen LogP) is -0.293. The van der Waals surface area contributed by atoms with E-state index in [2.05, 4.69) is 10.4 Å². The normalized spacial score (nSPS) is 19.8. The minimum atomic E-state index is 0.0122. The number of aromatic nitrogens is 2. The summed E-state index contributed by atoms with van der Waals surface area (Å²) >= 11 is 0. The van der Waals surface area contributed by atoms with Gasteiger partial charge in [0.2, 0.25) is 0 Å². The van der Waals surface area contributed by atoms with Crippen molar-refractivity contribution in [3.8, 4) is 0 Å². The summed E-state index contributed by atoms with van der Waals surface area (Å²) < 4.78 is 1.72. The molecule has 6 nitrogen and oxygen atoms in total. The molecule has 1 aliphatic rings. The van der Waals surface area contributed by atoms with Crippen LogP contribution in [0.15, 0.2) is 30.6 Å². The van der Waals surface area contributed by atoms with E-state index in [1.54, 1.807) is 10.7 Å². The van der Waals surface area contributed by atoms with Gasteiger partial charge in [0.05, 0.1) is 23.3 Å². The van der Waals surface area contributed by atoms with Crippen molar-refractivity contribution < 1.29 is 4.79 Å². The Hall–Kier alpha value is -1.92. The summed E-state index contributed by atoms with van der Waals surface area (Å²) in [5, 5.41) is 7.47. The summed E-state index contributed by atoms with van der Waals surface area (Å²) in [6.45, 7) is 2.71. The second kappa shape index (κ2) is 4.99. The lowest BCUT2D eigenvalue weighted by Crippen LogP contribution is -2.56. The van der Waals surface area contributed by atoms with Gasteiger partial charge in [-0.25, -0.2) is 4.52 Å². The number of hydrogen-bond acceptors (Lipinski definition) is 4. The Morgan fingerprint density at radius 2 is 2.42 bits per heavy atom. The number of nitrogens with zero attached hydrogens (tertiary/aromatic N) is 3. The third-order valence-corrected chi connectivity index (χ3v) is 3.54. The molecule has 3 N–H and O–H groups in total. The van der Waals surface area contributed by atoms with Crippen LogP contribution in [-0.4, -0.2) is 52.6 Å². The summed E-state index contributed by atoms with van der Waals surface area (Å²) in [5.74, 6) is 0.0122. The first-order chi connectivity index (χ1) is 9.31. The summed E-state index contributed by atoms with van der Waals surface area (Å²) in [7, 11) is 0. The van der Waals surface area contributed by atoms with Crippen LogP contribution in [0.3, 0.4) is 0 Å². The average molecular weight is 259 g/mol. The van der Waals surface area contributed by atoms with E-state index in [4.69, 9.17) is 5.73 Å². The Kier molecular flexibility index (Phi) is 3.18. The van der Waals surface area contributed by atoms with Crippen LogP contribution in [0.1, 0.15) is 10.4 Å². The number of rotatable bonds is 2. The molecule has 1 unspecified atom stereocenters. The van der Waals surface area contributed by atoms with Crippen molar-refractivity contribution in [2.75, 3.05) is 26.2 Å². The van der Waals surface area contributed by atoms with Gasteiger partial charge in [-0.15, -0.1) is 0 Å². The zero-order chi connectivity index (χ0) is 13.2. The number of hydrogen-bond donors (Lipinski definition) is 2. The molecule has 0 aliphatic carbocycles. The Morgan fingerprint density at radius 1 is 1.53 bits per heavy atom. The molecule has 0 spiro atoms. The van der Waals surface area contributed by atoms with Gasteiger partial charge in [0.25, 0.3) is 5.91 Å². The molecule has 2 aromatic rings. The monoisotopic (exact) mass is 259 g/mol. The van der Waals surface area contributed by atoms with Crippen LogP contribution >= 0.6 is 0 Å². The van der Waals surface area contributed by atoms with Crippen molar-refractivity contribution in [3.05, 3.63) is 36.2 Å². The van der Waals surface area contributed by atoms with Gasteiger partial charge in [-0.05, 0) is 12.1 Å². The highest BCUT2D eigenvalue weighted by Gasteiger charge is 2.27. The fourth-order valence-electron chi connectivity index (χ4n) is 2.49. The van der Waals surface area contributed by atoms with Gasteiger partial charge in [0.1, 0.15) is 0 Å². The second-order valence-electron chi connectivity index (χ2n) is 4.68. The van der Waals surface area contributed by atoms with E-state index >= 15 is 0 Å². The highest BCUT2D eigenvalue weighted by Crippen LogP contribution is 2.15. The van der Waals surface area contributed by atoms with Crippen molar-refractivity contribution in [1.29, 1.82) is 0 Å². The Labute approximate surface area is 111 Å². The van der Waals surface area contributed by atoms with Crippen LogP contribution in [0.2, 0.25) is 0 Å². The fraction of sp³-hybridized carbons (Fsp3) is 0.385. The number of amides is 1. The van der Waals surface area contributed by atoms with Crippen LogP contribution < -0.4 is 11.1 Å². The molecule has 3 rings (SSSR count). The molecule has 0 saturated carbocycles. The van der Waals surface area contributed by atoms with E-state index in [1.165, 1.54) is 0 Å². The number of piperazine rings is 1. The van der Waals surface area contributed by atoms with Crippen molar-refractivity contribution >= 4 is 11.4 Å². The summed E-state index contributed by atoms with van der Waals surface area (Å²) in [6.07, 6.45) is 3.47. The van der Waals surface area contributed by atoms with Crippen LogP contribution in [0.4, 0.5) is 0 Å². The second-order valence-corrected chi connectivity index (χ2v) is 4.68. The zero-order valence-corrected chi connectivity index (χ0v) is 10.6. The topological polar surface area (TPSA) is 75.7 Å². The number of pyridine rings is 1. The first-order valence-electron chi connectivity index (χ1n) is 6.45. The lowest BCUT2D eigenvalue weighted by atomic mass is 10.1. The Morgan fingerprint density at radius 3 is 3.26 bits per heavy atom. The minimum Gasteiger partial charge on any atom is -0.332 e. The molecule has 0 bridgehead atoms. The van der Waals surface area contributed by atoms with Gasteiger partial charge in [-0.1, -0.05) is 6.07 Å². The van der Waals surface area contributed by atoms with Gasteiger partial charge in [0.15, 0.2) is 0 Å². The largest absolute Gasteiger partial charge is 0.332 e. The predicted molar refractivity (Wildman–Crippen MR) is 71.9 cm³/mol. The van der Waals surface area contributed by atoms with E-state index in [1.807, 2.05) is 29.3 Å². The van der Waals surface area contributed by atoms with Crippen molar-refractivity contribution in [1.82, 2.24) is 19.8 Å². The van der Waals surface area contributed by atoms with Gasteiger partial charge >= 0.3 is 0 Å². The molecule has 19 heavy (non-hydrogen) atoms. The number of carbonyl (C=O) groups is 1. The smallest absolute Gasteiger partial charge is 0.258 e. The molecular weight excluding hydrogens is 242 g/mol. The average Bonchev–Trinajstić information content (AvgIpc) is 2.90. The lowest BCUT2D eigenvalue weighted by Gasteiger charge is -2.35. The molecule has 6 heteroatoms. The van der Waals surface area contributed by atoms with E-state index in [0.29, 0.717) is 18.7 Å². The third kappa shape index (κ3) is 2.09. The summed E-state index contributed by atoms with van der Waals surface area (Å²) in [5.41, 5.74) is 7.22. The van der Waals surface area contributed by atoms with Gasteiger partial charge in [-0.2, -0.15) is 5.10 Å². The molecular formula is C13H17N5O. The maximum absolute atomic E-state index is 12.6. The molecule has 1 aliphatic heterocycles. The maximum Gasteiger partial charge on any atom is 0.258 e. The van der Waals surface area contributed by atoms with Gasteiger partial charge in [-0.3, -0.25) is 4.79 Å². The molecule has 1 amide bonds. The Balaban J connectivity index is 1.94. The van der Waals surface area contributed by atoms with Crippen molar-refractivity contribution in [3.63, 3.8) is 0 Å². The quantitative estimate of drug-likeness (QED) is 0.777. The van der Waals surface area contributed by atoms with Crippen LogP contribution in [0, 0.1) is 0 Å². The first-order valence-corrected chi connectivity index (χ1v) is 6.45. The molecule has 2 aromatic heterocycles. The van der Waals surface area contributed by atoms with Gasteiger partial charge < -0.3 is 16.0 Å². The van der Waals surface area contributed by atoms with Crippen LogP contribution in [0.5, 0.6) is 0 Å². The maximum atomic E-state index is 12.6. The van der Waals surface area contributed by atoms with E-state index in [9.17, 15) is 4.79 Å². The van der Waals surface area contributed by atoms with Crippen molar-refractivity contribution in [2.45, 2.75) is 6.04 Å². The van der Waals surface area contributed by atoms with Gasteiger partial charge in [0, 0.05) is 32.4 Å². The first kappa shape index (κ1) is 12.1. The molecule has 0 radical (unpaired) electrons. The molecule has 1 saturated heterocycles. The number of nitrogens with two attached hydrogens (primary N) is 1. The number of fused-ring (bicyclic) bond motifs is 1. The highest BCUT2D eigenvalue weighted by molar-refractivity contribution is 6.00. The third-order valence-electron chi connectivity index (χ3n) is 3.54. The van der Waals surface area contributed by atoms with E-state index in [-0.39, 0.29) is 11.9 Å². The van der Waals surface area contributed by atoms with E-state index in [0.717, 1.165) is 18.6 Å². The summed E-state index contributed by atoms with van der Waals surface area (Å²) in [6, 6.07) is 5.76. The van der Waals surface area contributed by atoms with Crippen LogP contribution in [0.25, 0.3) is 5.52 Å². The van der Waals surface area contributed by atoms with Crippen LogP contribution in [-0.2, 0) is 0 Å². The fourth-order valence-corrected chi connectivity index (χ4v) is 2.49. The number of nitrogens with one attached hydrogen (secondary N) is 1. The standard InChI is InChI=1S/C13H17N5O/c14-7-10-8-15-4-6-17(10)13(19)11-9-16-18-5-2-1-3-12(11)18/h1-3,5,9-10,15H,4,6-8,14H2. The van der Waals surface area contributed by atoms with Crippen molar-refractivity contribution in [2.24, 2.45) is 5.73 Å². The molecule has 100 valence electrons.